The molecule has 118 valence electrons. The molecule has 0 atom stereocenters. The Labute approximate surface area is 128 Å². The first-order valence-electron chi connectivity index (χ1n) is 8.19. The lowest BCUT2D eigenvalue weighted by atomic mass is 10.2. The van der Waals surface area contributed by atoms with E-state index in [1.807, 2.05) is 12.1 Å². The molecule has 1 aromatic carbocycles. The zero-order valence-electron chi connectivity index (χ0n) is 13.4. The van der Waals surface area contributed by atoms with Gasteiger partial charge < -0.3 is 9.47 Å². The first kappa shape index (κ1) is 17.5. The molecule has 0 unspecified atom stereocenters. The van der Waals surface area contributed by atoms with Crippen molar-refractivity contribution in [2.75, 3.05) is 6.61 Å². The Balaban J connectivity index is 2.25. The summed E-state index contributed by atoms with van der Waals surface area (Å²) in [5.41, 5.74) is 0. The number of hydrogen-bond acceptors (Lipinski definition) is 3. The molecule has 0 aliphatic carbocycles. The summed E-state index contributed by atoms with van der Waals surface area (Å²) in [6.07, 6.45) is 8.36. The predicted octanol–water partition coefficient (Wildman–Crippen LogP) is 5.13. The number of benzene rings is 1. The minimum absolute atomic E-state index is 0.156. The van der Waals surface area contributed by atoms with Gasteiger partial charge in [-0.1, -0.05) is 46.0 Å². The Morgan fingerprint density at radius 3 is 2.14 bits per heavy atom. The highest BCUT2D eigenvalue weighted by Gasteiger charge is 2.04. The molecule has 0 amide bonds. The van der Waals surface area contributed by atoms with Crippen molar-refractivity contribution in [1.82, 2.24) is 0 Å². The molecule has 3 nitrogen and oxygen atoms in total. The third-order valence-electron chi connectivity index (χ3n) is 3.31. The van der Waals surface area contributed by atoms with Crippen LogP contribution < -0.4 is 9.47 Å². The second-order valence-electron chi connectivity index (χ2n) is 5.31. The average Bonchev–Trinajstić information content (AvgIpc) is 2.49. The van der Waals surface area contributed by atoms with Crippen LogP contribution in [0.3, 0.4) is 0 Å². The van der Waals surface area contributed by atoms with E-state index in [0.29, 0.717) is 12.2 Å². The van der Waals surface area contributed by atoms with Gasteiger partial charge in [-0.2, -0.15) is 0 Å². The number of carbonyl (C=O) groups excluding carboxylic acids is 1. The highest BCUT2D eigenvalue weighted by atomic mass is 16.5. The monoisotopic (exact) mass is 292 g/mol. The Morgan fingerprint density at radius 1 is 0.857 bits per heavy atom. The summed E-state index contributed by atoms with van der Waals surface area (Å²) < 4.78 is 10.9. The molecule has 21 heavy (non-hydrogen) atoms. The molecular formula is C18H28O3. The van der Waals surface area contributed by atoms with Crippen LogP contribution >= 0.6 is 0 Å². The molecule has 0 aliphatic rings. The summed E-state index contributed by atoms with van der Waals surface area (Å²) in [6, 6.07) is 7.29. The van der Waals surface area contributed by atoms with E-state index in [2.05, 4.69) is 13.8 Å². The standard InChI is InChI=1S/C18H28O3/c1-3-5-7-9-15-20-16-11-13-17(14-12-16)21-18(19)10-8-6-4-2/h11-14H,3-10,15H2,1-2H3. The summed E-state index contributed by atoms with van der Waals surface area (Å²) in [5, 5.41) is 0. The van der Waals surface area contributed by atoms with Gasteiger partial charge in [-0.15, -0.1) is 0 Å². The van der Waals surface area contributed by atoms with Crippen LogP contribution in [0, 0.1) is 0 Å². The van der Waals surface area contributed by atoms with Crippen molar-refractivity contribution in [2.24, 2.45) is 0 Å². The lowest BCUT2D eigenvalue weighted by Crippen LogP contribution is -2.07. The van der Waals surface area contributed by atoms with E-state index >= 15 is 0 Å². The molecule has 0 fully saturated rings. The van der Waals surface area contributed by atoms with Crippen LogP contribution in [0.4, 0.5) is 0 Å². The van der Waals surface area contributed by atoms with Gasteiger partial charge >= 0.3 is 5.97 Å². The molecule has 0 saturated carbocycles. The van der Waals surface area contributed by atoms with Gasteiger partial charge in [0.2, 0.25) is 0 Å². The third-order valence-corrected chi connectivity index (χ3v) is 3.31. The zero-order chi connectivity index (χ0) is 15.3. The van der Waals surface area contributed by atoms with Crippen LogP contribution in [0.5, 0.6) is 11.5 Å². The van der Waals surface area contributed by atoms with Gasteiger partial charge in [0.15, 0.2) is 0 Å². The molecule has 1 aromatic rings. The van der Waals surface area contributed by atoms with Crippen molar-refractivity contribution in [3.8, 4) is 11.5 Å². The quantitative estimate of drug-likeness (QED) is 0.322. The van der Waals surface area contributed by atoms with Crippen molar-refractivity contribution in [2.45, 2.75) is 65.2 Å². The maximum absolute atomic E-state index is 11.6. The van der Waals surface area contributed by atoms with Crippen LogP contribution in [0.15, 0.2) is 24.3 Å². The van der Waals surface area contributed by atoms with Gasteiger partial charge in [0.05, 0.1) is 6.61 Å². The topological polar surface area (TPSA) is 35.5 Å². The average molecular weight is 292 g/mol. The molecular weight excluding hydrogens is 264 g/mol. The second-order valence-corrected chi connectivity index (χ2v) is 5.31. The summed E-state index contributed by atoms with van der Waals surface area (Å²) in [6.45, 7) is 5.06. The lowest BCUT2D eigenvalue weighted by Gasteiger charge is -2.07. The van der Waals surface area contributed by atoms with Gasteiger partial charge in [-0.25, -0.2) is 0 Å². The molecule has 0 bridgehead atoms. The smallest absolute Gasteiger partial charge is 0.311 e. The molecule has 3 heteroatoms. The van der Waals surface area contributed by atoms with Crippen molar-refractivity contribution >= 4 is 5.97 Å². The maximum atomic E-state index is 11.6. The number of hydrogen-bond donors (Lipinski definition) is 0. The first-order valence-corrected chi connectivity index (χ1v) is 8.19. The molecule has 0 spiro atoms. The minimum atomic E-state index is -0.156. The number of esters is 1. The van der Waals surface area contributed by atoms with E-state index in [0.717, 1.165) is 38.0 Å². The van der Waals surface area contributed by atoms with Gasteiger partial charge in [-0.05, 0) is 37.1 Å². The van der Waals surface area contributed by atoms with Crippen molar-refractivity contribution < 1.29 is 14.3 Å². The maximum Gasteiger partial charge on any atom is 0.311 e. The summed E-state index contributed by atoms with van der Waals surface area (Å²) >= 11 is 0. The Kier molecular flexibility index (Phi) is 9.34. The van der Waals surface area contributed by atoms with Crippen LogP contribution in [-0.4, -0.2) is 12.6 Å². The minimum Gasteiger partial charge on any atom is -0.494 e. The third kappa shape index (κ3) is 8.38. The molecule has 0 saturated heterocycles. The van der Waals surface area contributed by atoms with Gasteiger partial charge in [0.25, 0.3) is 0 Å². The van der Waals surface area contributed by atoms with E-state index in [9.17, 15) is 4.79 Å². The summed E-state index contributed by atoms with van der Waals surface area (Å²) in [7, 11) is 0. The Hall–Kier alpha value is -1.51. The van der Waals surface area contributed by atoms with Gasteiger partial charge in [0.1, 0.15) is 11.5 Å². The second kappa shape index (κ2) is 11.2. The van der Waals surface area contributed by atoms with Gasteiger partial charge in [0, 0.05) is 6.42 Å². The van der Waals surface area contributed by atoms with Crippen molar-refractivity contribution in [3.05, 3.63) is 24.3 Å². The predicted molar refractivity (Wildman–Crippen MR) is 85.9 cm³/mol. The van der Waals surface area contributed by atoms with Crippen LogP contribution in [0.1, 0.15) is 65.2 Å². The number of rotatable bonds is 11. The number of ether oxygens (including phenoxy) is 2. The van der Waals surface area contributed by atoms with Crippen LogP contribution in [-0.2, 0) is 4.79 Å². The van der Waals surface area contributed by atoms with Gasteiger partial charge in [-0.3, -0.25) is 4.79 Å². The molecule has 0 heterocycles. The number of unbranched alkanes of at least 4 members (excludes halogenated alkanes) is 5. The summed E-state index contributed by atoms with van der Waals surface area (Å²) in [5.74, 6) is 1.27. The lowest BCUT2D eigenvalue weighted by molar-refractivity contribution is -0.134. The van der Waals surface area contributed by atoms with E-state index in [1.165, 1.54) is 19.3 Å². The molecule has 0 aliphatic heterocycles. The largest absolute Gasteiger partial charge is 0.494 e. The highest BCUT2D eigenvalue weighted by Crippen LogP contribution is 2.18. The Bertz CT molecular complexity index is 384. The number of carbonyl (C=O) groups is 1. The molecule has 0 aromatic heterocycles. The summed E-state index contributed by atoms with van der Waals surface area (Å²) in [4.78, 5) is 11.6. The van der Waals surface area contributed by atoms with E-state index < -0.39 is 0 Å². The fraction of sp³-hybridized carbons (Fsp3) is 0.611. The fourth-order valence-electron chi connectivity index (χ4n) is 2.02. The molecule has 0 radical (unpaired) electrons. The zero-order valence-corrected chi connectivity index (χ0v) is 13.4. The SMILES string of the molecule is CCCCCCOc1ccc(OC(=O)CCCCC)cc1. The normalized spacial score (nSPS) is 10.4. The molecule has 0 N–H and O–H groups in total. The van der Waals surface area contributed by atoms with E-state index in [4.69, 9.17) is 9.47 Å². The van der Waals surface area contributed by atoms with Crippen LogP contribution in [0.25, 0.3) is 0 Å². The Morgan fingerprint density at radius 2 is 1.48 bits per heavy atom. The van der Waals surface area contributed by atoms with E-state index in [1.54, 1.807) is 12.1 Å². The highest BCUT2D eigenvalue weighted by molar-refractivity contribution is 5.72. The van der Waals surface area contributed by atoms with Crippen LogP contribution in [0.2, 0.25) is 0 Å². The van der Waals surface area contributed by atoms with Crippen molar-refractivity contribution in [3.63, 3.8) is 0 Å². The van der Waals surface area contributed by atoms with Crippen molar-refractivity contribution in [1.29, 1.82) is 0 Å². The first-order chi connectivity index (χ1) is 10.3. The van der Waals surface area contributed by atoms with E-state index in [-0.39, 0.29) is 5.97 Å². The molecule has 1 rings (SSSR count). The fourth-order valence-corrected chi connectivity index (χ4v) is 2.02.